The number of rotatable bonds is 10. The zero-order valence-corrected chi connectivity index (χ0v) is 37.8. The molecule has 2 aliphatic rings. The average Bonchev–Trinajstić information content (AvgIpc) is 3.69. The minimum absolute atomic E-state index is 0.179. The summed E-state index contributed by atoms with van der Waals surface area (Å²) in [6.07, 6.45) is 19.9. The van der Waals surface area contributed by atoms with E-state index in [2.05, 4.69) is 142 Å². The molecule has 66 heavy (non-hydrogen) atoms. The summed E-state index contributed by atoms with van der Waals surface area (Å²) < 4.78 is 2.43. The van der Waals surface area contributed by atoms with Crippen LogP contribution < -0.4 is 27.8 Å². The van der Waals surface area contributed by atoms with Crippen molar-refractivity contribution in [2.75, 3.05) is 24.6 Å². The summed E-state index contributed by atoms with van der Waals surface area (Å²) in [7, 11) is 2.12. The van der Waals surface area contributed by atoms with E-state index in [1.807, 2.05) is 110 Å². The maximum absolute atomic E-state index is 6.34. The van der Waals surface area contributed by atoms with Crippen LogP contribution in [0.4, 0.5) is 17.1 Å². The van der Waals surface area contributed by atoms with Crippen LogP contribution in [0, 0.1) is 0 Å². The van der Waals surface area contributed by atoms with E-state index in [1.165, 1.54) is 43.7 Å². The number of nitrogens with zero attached hydrogens (tertiary/aromatic N) is 2. The van der Waals surface area contributed by atoms with Gasteiger partial charge in [-0.25, -0.2) is 0 Å². The van der Waals surface area contributed by atoms with E-state index in [-0.39, 0.29) is 6.04 Å². The van der Waals surface area contributed by atoms with Crippen LogP contribution in [-0.2, 0) is 6.42 Å². The zero-order chi connectivity index (χ0) is 45.7. The monoisotopic (exact) mass is 865 g/mol. The van der Waals surface area contributed by atoms with E-state index in [9.17, 15) is 0 Å². The first-order valence-electron chi connectivity index (χ1n) is 22.6. The van der Waals surface area contributed by atoms with E-state index >= 15 is 0 Å². The van der Waals surface area contributed by atoms with Gasteiger partial charge in [0, 0.05) is 58.2 Å². The van der Waals surface area contributed by atoms with Crippen molar-refractivity contribution in [2.24, 2.45) is 11.5 Å². The van der Waals surface area contributed by atoms with Gasteiger partial charge in [-0.15, -0.1) is 0 Å². The van der Waals surface area contributed by atoms with Crippen LogP contribution in [0.25, 0.3) is 44.0 Å². The van der Waals surface area contributed by atoms with Crippen LogP contribution in [0.1, 0.15) is 30.9 Å². The summed E-state index contributed by atoms with van der Waals surface area (Å²) in [4.78, 5) is 2.26. The molecule has 1 aliphatic heterocycles. The Balaban J connectivity index is 0.000000242. The molecule has 0 saturated carbocycles. The van der Waals surface area contributed by atoms with Crippen molar-refractivity contribution in [1.29, 1.82) is 0 Å². The Morgan fingerprint density at radius 3 is 2.18 bits per heavy atom. The van der Waals surface area contributed by atoms with Gasteiger partial charge >= 0.3 is 0 Å². The van der Waals surface area contributed by atoms with Crippen molar-refractivity contribution in [3.8, 4) is 5.69 Å². The minimum atomic E-state index is 0.179. The summed E-state index contributed by atoms with van der Waals surface area (Å²) in [6, 6.07) is 58.8. The number of aromatic nitrogens is 1. The molecule has 0 spiro atoms. The third-order valence-corrected chi connectivity index (χ3v) is 11.7. The molecule has 1 aromatic heterocycles. The summed E-state index contributed by atoms with van der Waals surface area (Å²) >= 11 is 0. The number of likely N-dealkylation sites (N-methyl/N-ethyl adjacent to an activating group) is 1. The van der Waals surface area contributed by atoms with Gasteiger partial charge in [0.15, 0.2) is 0 Å². The van der Waals surface area contributed by atoms with Gasteiger partial charge in [-0.05, 0) is 109 Å². The molecule has 7 aromatic carbocycles. The van der Waals surface area contributed by atoms with E-state index in [4.69, 9.17) is 17.2 Å². The molecule has 330 valence electrons. The first kappa shape index (κ1) is 44.4. The SMILES string of the molecule is C/C(N)=C/C=C\Cc1ccc2c3ccc4cc(C5=CC=CC(CN(C)C6=C(N)CCC=C6)N5)ccc4c3n(-c3ccccc3)c2c1.Nc1ccccc1Nc1ccccc1.c1ccccc1. The molecule has 7 nitrogen and oxygen atoms in total. The predicted molar refractivity (Wildman–Crippen MR) is 282 cm³/mol. The van der Waals surface area contributed by atoms with Gasteiger partial charge in [0.1, 0.15) is 0 Å². The molecule has 10 rings (SSSR count). The molecule has 2 heterocycles. The number of hydrogen-bond acceptors (Lipinski definition) is 6. The lowest BCUT2D eigenvalue weighted by Gasteiger charge is -2.30. The quantitative estimate of drug-likeness (QED) is 0.0692. The van der Waals surface area contributed by atoms with Crippen molar-refractivity contribution in [3.63, 3.8) is 0 Å². The average molecular weight is 866 g/mol. The second-order valence-electron chi connectivity index (χ2n) is 16.6. The lowest BCUT2D eigenvalue weighted by Crippen LogP contribution is -2.38. The summed E-state index contributed by atoms with van der Waals surface area (Å²) in [5, 5.41) is 12.0. The van der Waals surface area contributed by atoms with Crippen LogP contribution in [-0.4, -0.2) is 29.1 Å². The molecule has 1 atom stereocenters. The fraction of sp³-hybridized carbons (Fsp3) is 0.119. The van der Waals surface area contributed by atoms with Crippen LogP contribution in [0.3, 0.4) is 0 Å². The minimum Gasteiger partial charge on any atom is -0.402 e. The molecule has 0 fully saturated rings. The Bertz CT molecular complexity index is 3050. The second kappa shape index (κ2) is 21.5. The highest BCUT2D eigenvalue weighted by Crippen LogP contribution is 2.38. The van der Waals surface area contributed by atoms with Crippen LogP contribution in [0.5, 0.6) is 0 Å². The number of nitrogens with one attached hydrogen (secondary N) is 2. The van der Waals surface area contributed by atoms with E-state index in [0.717, 1.165) is 71.3 Å². The third kappa shape index (κ3) is 11.0. The number of nitrogen functional groups attached to an aromatic ring is 1. The number of para-hydroxylation sites is 4. The summed E-state index contributed by atoms with van der Waals surface area (Å²) in [5.41, 5.74) is 30.8. The van der Waals surface area contributed by atoms with Crippen molar-refractivity contribution < 1.29 is 0 Å². The highest BCUT2D eigenvalue weighted by Gasteiger charge is 2.19. The number of hydrogen-bond donors (Lipinski definition) is 5. The number of dihydropyridines is 1. The van der Waals surface area contributed by atoms with Gasteiger partial charge in [-0.2, -0.15) is 0 Å². The number of allylic oxidation sites excluding steroid dienone is 9. The largest absolute Gasteiger partial charge is 0.402 e. The van der Waals surface area contributed by atoms with E-state index in [0.29, 0.717) is 0 Å². The molecule has 7 heteroatoms. The summed E-state index contributed by atoms with van der Waals surface area (Å²) in [5.74, 6) is 0. The van der Waals surface area contributed by atoms with Crippen molar-refractivity contribution in [1.82, 2.24) is 14.8 Å². The maximum atomic E-state index is 6.34. The Labute approximate surface area is 389 Å². The van der Waals surface area contributed by atoms with Gasteiger partial charge in [0.25, 0.3) is 0 Å². The molecule has 0 amide bonds. The lowest BCUT2D eigenvalue weighted by atomic mass is 10.00. The van der Waals surface area contributed by atoms with Gasteiger partial charge in [-0.3, -0.25) is 0 Å². The fourth-order valence-corrected chi connectivity index (χ4v) is 8.42. The molecule has 0 saturated heterocycles. The molecule has 8 N–H and O–H groups in total. The molecular weight excluding hydrogens is 807 g/mol. The van der Waals surface area contributed by atoms with Gasteiger partial charge in [0.2, 0.25) is 0 Å². The summed E-state index contributed by atoms with van der Waals surface area (Å²) in [6.45, 7) is 2.74. The normalized spacial score (nSPS) is 14.6. The van der Waals surface area contributed by atoms with Crippen molar-refractivity contribution in [3.05, 3.63) is 247 Å². The smallest absolute Gasteiger partial charge is 0.0622 e. The molecule has 8 aromatic rings. The Kier molecular flexibility index (Phi) is 14.5. The Morgan fingerprint density at radius 1 is 0.773 bits per heavy atom. The maximum Gasteiger partial charge on any atom is 0.0622 e. The topological polar surface area (TPSA) is 110 Å². The van der Waals surface area contributed by atoms with Crippen molar-refractivity contribution in [2.45, 2.75) is 32.2 Å². The number of nitrogens with two attached hydrogens (primary N) is 3. The molecule has 1 aliphatic carbocycles. The first-order chi connectivity index (χ1) is 32.3. The van der Waals surface area contributed by atoms with Crippen LogP contribution in [0.15, 0.2) is 236 Å². The third-order valence-electron chi connectivity index (χ3n) is 11.7. The van der Waals surface area contributed by atoms with Crippen LogP contribution >= 0.6 is 0 Å². The van der Waals surface area contributed by atoms with Gasteiger partial charge in [-0.1, -0.05) is 152 Å². The van der Waals surface area contributed by atoms with Crippen LogP contribution in [0.2, 0.25) is 0 Å². The first-order valence-corrected chi connectivity index (χ1v) is 22.6. The van der Waals surface area contributed by atoms with E-state index < -0.39 is 0 Å². The van der Waals surface area contributed by atoms with Gasteiger partial charge < -0.3 is 37.3 Å². The predicted octanol–water partition coefficient (Wildman–Crippen LogP) is 12.9. The van der Waals surface area contributed by atoms with E-state index in [1.54, 1.807) is 0 Å². The number of anilines is 3. The molecule has 1 unspecified atom stereocenters. The Hall–Kier alpha value is -8.16. The molecular formula is C59H59N7. The Morgan fingerprint density at radius 2 is 1.45 bits per heavy atom. The number of fused-ring (bicyclic) bond motifs is 5. The number of benzene rings is 7. The highest BCUT2D eigenvalue weighted by atomic mass is 15.1. The van der Waals surface area contributed by atoms with Crippen molar-refractivity contribution >= 4 is 55.3 Å². The highest BCUT2D eigenvalue weighted by molar-refractivity contribution is 6.19. The molecule has 0 radical (unpaired) electrons. The van der Waals surface area contributed by atoms with Gasteiger partial charge in [0.05, 0.1) is 34.1 Å². The second-order valence-corrected chi connectivity index (χ2v) is 16.6. The standard InChI is InChI=1S/C41H41N5.C12H12N2.C6H6/c1-28(42)11-6-7-12-29-19-22-35-36-24-20-30-26-31(21-23-34(30)41(36)46(40(35)25-29)33-14-4-3-5-15-33)38-17-10-13-32(44-38)27-45(2)39-18-9-8-16-37(39)43;13-11-8-4-5-9-12(11)14-10-6-2-1-3-7-10;1-2-4-6-5-3-1/h3-7,9-11,13-15,17-26,32,44H,8,12,16,27,42-43H2,1-2H3;1-9,14H,13H2;1-6H/b7-6-,28-11-;;. The lowest BCUT2D eigenvalue weighted by molar-refractivity contribution is 0.393. The zero-order valence-electron chi connectivity index (χ0n) is 37.8. The molecule has 0 bridgehead atoms. The fourth-order valence-electron chi connectivity index (χ4n) is 8.42.